The third kappa shape index (κ3) is 4.37. The van der Waals surface area contributed by atoms with Crippen molar-refractivity contribution in [1.82, 2.24) is 4.90 Å². The fourth-order valence-corrected chi connectivity index (χ4v) is 3.77. The molecule has 27 heavy (non-hydrogen) atoms. The number of hydrogen-bond donors (Lipinski definition) is 1. The quantitative estimate of drug-likeness (QED) is 0.786. The number of nitrogens with one attached hydrogen (secondary N) is 1. The van der Waals surface area contributed by atoms with Crippen LogP contribution in [0.2, 0.25) is 10.0 Å². The molecule has 1 N–H and O–H groups in total. The highest BCUT2D eigenvalue weighted by Crippen LogP contribution is 2.34. The predicted octanol–water partition coefficient (Wildman–Crippen LogP) is 4.88. The van der Waals surface area contributed by atoms with E-state index in [4.69, 9.17) is 27.9 Å². The molecule has 0 atom stereocenters. The first-order chi connectivity index (χ1) is 13.0. The van der Waals surface area contributed by atoms with Gasteiger partial charge in [-0.3, -0.25) is 9.59 Å². The fourth-order valence-electron chi connectivity index (χ4n) is 3.13. The van der Waals surface area contributed by atoms with E-state index in [9.17, 15) is 9.59 Å². The third-order valence-corrected chi connectivity index (χ3v) is 5.08. The standard InChI is InChI=1S/C20H20Cl2N2O3/c1-27-18-15(21)11-13(12-16(18)22)19(25)23-17-8-4-3-7-14(17)20(26)24-9-5-2-6-10-24/h3-4,7-8,11-12H,2,5-6,9-10H2,1H3,(H,23,25). The van der Waals surface area contributed by atoms with Crippen LogP contribution in [0.1, 0.15) is 40.0 Å². The SMILES string of the molecule is COc1c(Cl)cc(C(=O)Nc2ccccc2C(=O)N2CCCCC2)cc1Cl. The van der Waals surface area contributed by atoms with Gasteiger partial charge < -0.3 is 15.0 Å². The minimum Gasteiger partial charge on any atom is -0.494 e. The lowest BCUT2D eigenvalue weighted by atomic mass is 10.1. The molecular formula is C20H20Cl2N2O3. The van der Waals surface area contributed by atoms with Crippen LogP contribution >= 0.6 is 23.2 Å². The molecule has 0 spiro atoms. The van der Waals surface area contributed by atoms with Crippen molar-refractivity contribution in [2.75, 3.05) is 25.5 Å². The monoisotopic (exact) mass is 406 g/mol. The van der Waals surface area contributed by atoms with Crippen molar-refractivity contribution in [1.29, 1.82) is 0 Å². The van der Waals surface area contributed by atoms with E-state index in [1.807, 2.05) is 4.90 Å². The highest BCUT2D eigenvalue weighted by Gasteiger charge is 2.22. The molecule has 0 aromatic heterocycles. The third-order valence-electron chi connectivity index (χ3n) is 4.51. The van der Waals surface area contributed by atoms with Crippen LogP contribution in [-0.4, -0.2) is 36.9 Å². The second-order valence-corrected chi connectivity index (χ2v) is 7.14. The Morgan fingerprint density at radius 2 is 1.67 bits per heavy atom. The summed E-state index contributed by atoms with van der Waals surface area (Å²) < 4.78 is 5.10. The Morgan fingerprint density at radius 1 is 1.04 bits per heavy atom. The van der Waals surface area contributed by atoms with Crippen LogP contribution in [0.4, 0.5) is 5.69 Å². The lowest BCUT2D eigenvalue weighted by molar-refractivity contribution is 0.0725. The van der Waals surface area contributed by atoms with Crippen LogP contribution in [0.3, 0.4) is 0 Å². The van der Waals surface area contributed by atoms with Crippen LogP contribution in [0, 0.1) is 0 Å². The van der Waals surface area contributed by atoms with E-state index in [-0.39, 0.29) is 21.5 Å². The summed E-state index contributed by atoms with van der Waals surface area (Å²) in [4.78, 5) is 27.4. The number of ether oxygens (including phenoxy) is 1. The number of methoxy groups -OCH3 is 1. The molecule has 0 unspecified atom stereocenters. The van der Waals surface area contributed by atoms with Crippen LogP contribution < -0.4 is 10.1 Å². The number of likely N-dealkylation sites (tertiary alicyclic amines) is 1. The number of amides is 2. The molecule has 0 saturated carbocycles. The summed E-state index contributed by atoms with van der Waals surface area (Å²) in [5, 5.41) is 3.28. The van der Waals surface area contributed by atoms with Gasteiger partial charge in [-0.1, -0.05) is 35.3 Å². The van der Waals surface area contributed by atoms with Crippen LogP contribution in [0.15, 0.2) is 36.4 Å². The van der Waals surface area contributed by atoms with Gasteiger partial charge in [0.05, 0.1) is 28.4 Å². The van der Waals surface area contributed by atoms with Gasteiger partial charge in [0.15, 0.2) is 5.75 Å². The fraction of sp³-hybridized carbons (Fsp3) is 0.300. The highest BCUT2D eigenvalue weighted by molar-refractivity contribution is 6.37. The normalized spacial score (nSPS) is 14.0. The van der Waals surface area contributed by atoms with Crippen LogP contribution in [0.25, 0.3) is 0 Å². The number of rotatable bonds is 4. The van der Waals surface area contributed by atoms with Gasteiger partial charge in [-0.05, 0) is 43.5 Å². The Kier molecular flexibility index (Phi) is 6.24. The first-order valence-electron chi connectivity index (χ1n) is 8.74. The first kappa shape index (κ1) is 19.5. The van der Waals surface area contributed by atoms with Crippen molar-refractivity contribution in [3.05, 3.63) is 57.6 Å². The van der Waals surface area contributed by atoms with Gasteiger partial charge in [0.2, 0.25) is 0 Å². The van der Waals surface area contributed by atoms with Crippen molar-refractivity contribution in [2.24, 2.45) is 0 Å². The molecule has 1 fully saturated rings. The smallest absolute Gasteiger partial charge is 0.255 e. The summed E-state index contributed by atoms with van der Waals surface area (Å²) in [6.45, 7) is 1.48. The Hall–Kier alpha value is -2.24. The molecule has 2 aromatic rings. The zero-order valence-electron chi connectivity index (χ0n) is 14.9. The minimum atomic E-state index is -0.402. The van der Waals surface area contributed by atoms with Gasteiger partial charge in [0, 0.05) is 18.7 Å². The average Bonchev–Trinajstić information content (AvgIpc) is 2.68. The molecule has 1 aliphatic heterocycles. The molecule has 1 heterocycles. The number of para-hydroxylation sites is 1. The van der Waals surface area contributed by atoms with E-state index in [0.717, 1.165) is 32.4 Å². The average molecular weight is 407 g/mol. The summed E-state index contributed by atoms with van der Waals surface area (Å²) in [5.41, 5.74) is 1.21. The van der Waals surface area contributed by atoms with Crippen LogP contribution in [-0.2, 0) is 0 Å². The molecule has 1 aliphatic rings. The molecule has 142 valence electrons. The van der Waals surface area contributed by atoms with E-state index in [0.29, 0.717) is 17.0 Å². The number of nitrogens with zero attached hydrogens (tertiary/aromatic N) is 1. The molecule has 3 rings (SSSR count). The zero-order chi connectivity index (χ0) is 19.4. The van der Waals surface area contributed by atoms with Gasteiger partial charge in [-0.2, -0.15) is 0 Å². The molecule has 7 heteroatoms. The molecule has 2 aromatic carbocycles. The number of piperidine rings is 1. The molecule has 2 amide bonds. The Labute approximate surface area is 168 Å². The van der Waals surface area contributed by atoms with Gasteiger partial charge >= 0.3 is 0 Å². The molecule has 5 nitrogen and oxygen atoms in total. The highest BCUT2D eigenvalue weighted by atomic mass is 35.5. The molecule has 0 radical (unpaired) electrons. The second-order valence-electron chi connectivity index (χ2n) is 6.33. The summed E-state index contributed by atoms with van der Waals surface area (Å²) >= 11 is 12.2. The molecular weight excluding hydrogens is 387 g/mol. The summed E-state index contributed by atoms with van der Waals surface area (Å²) in [5.74, 6) is -0.160. The predicted molar refractivity (Wildman–Crippen MR) is 107 cm³/mol. The Bertz CT molecular complexity index is 841. The van der Waals surface area contributed by atoms with E-state index in [1.165, 1.54) is 19.2 Å². The van der Waals surface area contributed by atoms with Crippen molar-refractivity contribution >= 4 is 40.7 Å². The maximum atomic E-state index is 12.8. The number of hydrogen-bond acceptors (Lipinski definition) is 3. The van der Waals surface area contributed by atoms with E-state index < -0.39 is 5.91 Å². The number of carbonyl (C=O) groups excluding carboxylic acids is 2. The van der Waals surface area contributed by atoms with Crippen molar-refractivity contribution in [3.8, 4) is 5.75 Å². The molecule has 0 aliphatic carbocycles. The maximum Gasteiger partial charge on any atom is 0.255 e. The lowest BCUT2D eigenvalue weighted by Gasteiger charge is -2.27. The number of carbonyl (C=O) groups is 2. The minimum absolute atomic E-state index is 0.0728. The van der Waals surface area contributed by atoms with Crippen molar-refractivity contribution < 1.29 is 14.3 Å². The second kappa shape index (κ2) is 8.63. The van der Waals surface area contributed by atoms with Crippen molar-refractivity contribution in [3.63, 3.8) is 0 Å². The maximum absolute atomic E-state index is 12.8. The lowest BCUT2D eigenvalue weighted by Crippen LogP contribution is -2.36. The number of benzene rings is 2. The Morgan fingerprint density at radius 3 is 2.30 bits per heavy atom. The summed E-state index contributed by atoms with van der Waals surface area (Å²) in [6, 6.07) is 9.96. The molecule has 1 saturated heterocycles. The number of halogens is 2. The van der Waals surface area contributed by atoms with Gasteiger partial charge in [0.1, 0.15) is 0 Å². The van der Waals surface area contributed by atoms with Gasteiger partial charge in [-0.25, -0.2) is 0 Å². The summed E-state index contributed by atoms with van der Waals surface area (Å²) in [6.07, 6.45) is 3.15. The zero-order valence-corrected chi connectivity index (χ0v) is 16.4. The molecule has 0 bridgehead atoms. The topological polar surface area (TPSA) is 58.6 Å². The summed E-state index contributed by atoms with van der Waals surface area (Å²) in [7, 11) is 1.45. The first-order valence-corrected chi connectivity index (χ1v) is 9.49. The van der Waals surface area contributed by atoms with Gasteiger partial charge in [0.25, 0.3) is 11.8 Å². The van der Waals surface area contributed by atoms with Crippen molar-refractivity contribution in [2.45, 2.75) is 19.3 Å². The van der Waals surface area contributed by atoms with E-state index in [1.54, 1.807) is 24.3 Å². The number of anilines is 1. The van der Waals surface area contributed by atoms with E-state index >= 15 is 0 Å². The van der Waals surface area contributed by atoms with E-state index in [2.05, 4.69) is 5.32 Å². The largest absolute Gasteiger partial charge is 0.494 e. The Balaban J connectivity index is 1.84. The van der Waals surface area contributed by atoms with Crippen LogP contribution in [0.5, 0.6) is 5.75 Å². The van der Waals surface area contributed by atoms with Gasteiger partial charge in [-0.15, -0.1) is 0 Å².